The van der Waals surface area contributed by atoms with Crippen molar-refractivity contribution in [3.05, 3.63) is 59.7 Å². The molecule has 2 aromatic carbocycles. The third-order valence-electron chi connectivity index (χ3n) is 14.0. The second kappa shape index (κ2) is 71.7. The first-order chi connectivity index (χ1) is 51.0. The van der Waals surface area contributed by atoms with E-state index in [1.807, 2.05) is 0 Å². The van der Waals surface area contributed by atoms with Crippen molar-refractivity contribution in [1.29, 1.82) is 0 Å². The zero-order chi connectivity index (χ0) is 74.9. The van der Waals surface area contributed by atoms with Crippen LogP contribution in [0.5, 0.6) is 11.5 Å². The van der Waals surface area contributed by atoms with Gasteiger partial charge in [0.1, 0.15) is 17.3 Å². The molecule has 598 valence electrons. The van der Waals surface area contributed by atoms with E-state index in [2.05, 4.69) is 10.6 Å². The minimum atomic E-state index is -1.11. The van der Waals surface area contributed by atoms with Crippen molar-refractivity contribution < 1.29 is 143 Å². The van der Waals surface area contributed by atoms with Crippen molar-refractivity contribution in [1.82, 2.24) is 10.6 Å². The molecule has 0 aliphatic heterocycles. The predicted molar refractivity (Wildman–Crippen MR) is 375 cm³/mol. The van der Waals surface area contributed by atoms with Crippen molar-refractivity contribution in [2.75, 3.05) is 291 Å². The van der Waals surface area contributed by atoms with E-state index in [-0.39, 0.29) is 128 Å². The molecule has 0 bridgehead atoms. The Kier molecular flexibility index (Phi) is 65.1. The Morgan fingerprint density at radius 1 is 0.365 bits per heavy atom. The predicted octanol–water partition coefficient (Wildman–Crippen LogP) is 1.62. The first-order valence-corrected chi connectivity index (χ1v) is 35.6. The summed E-state index contributed by atoms with van der Waals surface area (Å²) in [6, 6.07) is 12.5. The average Bonchev–Trinajstić information content (AvgIpc) is 0.890. The number of benzene rings is 2. The highest BCUT2D eigenvalue weighted by atomic mass is 16.6. The number of methoxy groups -OCH3 is 1. The Balaban J connectivity index is 1.52. The second-order valence-electron chi connectivity index (χ2n) is 22.4. The van der Waals surface area contributed by atoms with E-state index in [1.165, 1.54) is 0 Å². The van der Waals surface area contributed by atoms with Gasteiger partial charge in [-0.3, -0.25) is 19.2 Å². The number of aliphatic carboxylic acids is 2. The number of nitrogens with one attached hydrogen (secondary N) is 2. The molecule has 104 heavy (non-hydrogen) atoms. The fourth-order valence-corrected chi connectivity index (χ4v) is 8.71. The molecule has 0 aliphatic carbocycles. The Bertz CT molecular complexity index is 2350. The van der Waals surface area contributed by atoms with Gasteiger partial charge >= 0.3 is 11.9 Å². The zero-order valence-corrected chi connectivity index (χ0v) is 61.0. The Hall–Kier alpha value is -5.58. The van der Waals surface area contributed by atoms with Crippen molar-refractivity contribution in [2.24, 2.45) is 11.7 Å². The van der Waals surface area contributed by atoms with Gasteiger partial charge in [-0.15, -0.1) is 0 Å². The van der Waals surface area contributed by atoms with E-state index in [0.29, 0.717) is 223 Å². The summed E-state index contributed by atoms with van der Waals surface area (Å²) in [5.74, 6) is -3.22. The van der Waals surface area contributed by atoms with Crippen LogP contribution < -0.4 is 25.8 Å². The van der Waals surface area contributed by atoms with Gasteiger partial charge in [-0.1, -0.05) is 24.3 Å². The maximum absolute atomic E-state index is 13.5. The molecule has 2 atom stereocenters. The maximum atomic E-state index is 13.5. The van der Waals surface area contributed by atoms with Crippen LogP contribution in [-0.2, 0) is 136 Å². The van der Waals surface area contributed by atoms with Crippen LogP contribution in [-0.4, -0.2) is 343 Å². The summed E-state index contributed by atoms with van der Waals surface area (Å²) in [4.78, 5) is 74.9. The van der Waals surface area contributed by atoms with Gasteiger partial charge < -0.3 is 131 Å². The number of carbonyl (C=O) groups is 6. The maximum Gasteiger partial charge on any atom is 0.341 e. The SMILES string of the molecule is COCCOCCOCCOCCOCCOCCOCCOCCOCCOCCOCCOCCCC(=O)C(Cc1ccc(OCC(=O)O)cc1)NC(=O)CCOCCOCCOCCOCCNC(=O)C(CC(=O)CCOCCOCCOCCOCCN)Cc1ccc(OCC(=O)O)cc1. The van der Waals surface area contributed by atoms with Crippen LogP contribution in [0.1, 0.15) is 43.2 Å². The van der Waals surface area contributed by atoms with Gasteiger partial charge in [-0.05, 0) is 54.7 Å². The van der Waals surface area contributed by atoms with Gasteiger partial charge in [-0.25, -0.2) is 9.59 Å². The molecule has 0 saturated carbocycles. The van der Waals surface area contributed by atoms with Crippen molar-refractivity contribution >= 4 is 35.3 Å². The number of carbonyl (C=O) groups excluding carboxylic acids is 4. The average molecular weight is 1490 g/mol. The normalized spacial score (nSPS) is 12.0. The lowest BCUT2D eigenvalue weighted by atomic mass is 9.92. The number of Topliss-reactive ketones (excluding diaryl/α,β-unsaturated/α-hetero) is 2. The molecule has 0 aliphatic rings. The van der Waals surface area contributed by atoms with Crippen LogP contribution in [0.4, 0.5) is 0 Å². The van der Waals surface area contributed by atoms with E-state index in [9.17, 15) is 28.8 Å². The van der Waals surface area contributed by atoms with E-state index < -0.39 is 37.1 Å². The van der Waals surface area contributed by atoms with Gasteiger partial charge in [0.2, 0.25) is 11.8 Å². The minimum absolute atomic E-state index is 0.00134. The molecular weight excluding hydrogens is 1370 g/mol. The molecule has 2 unspecified atom stereocenters. The van der Waals surface area contributed by atoms with Gasteiger partial charge in [0.05, 0.1) is 257 Å². The summed E-state index contributed by atoms with van der Waals surface area (Å²) in [6.07, 6.45) is 1.11. The number of hydrogen-bond donors (Lipinski definition) is 5. The van der Waals surface area contributed by atoms with Crippen LogP contribution in [0, 0.1) is 5.92 Å². The van der Waals surface area contributed by atoms with Crippen LogP contribution >= 0.6 is 0 Å². The summed E-state index contributed by atoms with van der Waals surface area (Å²) in [6.45, 7) is 14.8. The molecule has 2 aromatic rings. The Morgan fingerprint density at radius 2 is 0.673 bits per heavy atom. The molecular formula is C71H119N3O30. The van der Waals surface area contributed by atoms with E-state index >= 15 is 0 Å². The lowest BCUT2D eigenvalue weighted by Gasteiger charge is -2.18. The number of rotatable bonds is 81. The number of carboxylic acids is 2. The Labute approximate surface area is 612 Å². The van der Waals surface area contributed by atoms with Crippen molar-refractivity contribution in [2.45, 2.75) is 51.0 Å². The first-order valence-electron chi connectivity index (χ1n) is 35.6. The number of amides is 2. The van der Waals surface area contributed by atoms with E-state index in [0.717, 1.165) is 11.1 Å². The van der Waals surface area contributed by atoms with Crippen LogP contribution in [0.15, 0.2) is 48.5 Å². The van der Waals surface area contributed by atoms with Crippen molar-refractivity contribution in [3.63, 3.8) is 0 Å². The molecule has 0 aromatic heterocycles. The van der Waals surface area contributed by atoms with Gasteiger partial charge in [0.25, 0.3) is 0 Å². The van der Waals surface area contributed by atoms with E-state index in [4.69, 9.17) is 120 Å². The van der Waals surface area contributed by atoms with Crippen LogP contribution in [0.3, 0.4) is 0 Å². The molecule has 6 N–H and O–H groups in total. The number of carboxylic acid groups (broad SMARTS) is 2. The molecule has 33 nitrogen and oxygen atoms in total. The second-order valence-corrected chi connectivity index (χ2v) is 22.4. The van der Waals surface area contributed by atoms with Crippen LogP contribution in [0.25, 0.3) is 0 Å². The summed E-state index contributed by atoms with van der Waals surface area (Å²) in [5.41, 5.74) is 6.88. The van der Waals surface area contributed by atoms with Gasteiger partial charge in [0.15, 0.2) is 19.0 Å². The minimum Gasteiger partial charge on any atom is -0.482 e. The quantitative estimate of drug-likeness (QED) is 0.0587. The largest absolute Gasteiger partial charge is 0.482 e. The molecule has 0 spiro atoms. The molecule has 33 heteroatoms. The highest BCUT2D eigenvalue weighted by Gasteiger charge is 2.24. The summed E-state index contributed by atoms with van der Waals surface area (Å²) in [5, 5.41) is 23.6. The Morgan fingerprint density at radius 3 is 1.02 bits per heavy atom. The lowest BCUT2D eigenvalue weighted by molar-refractivity contribution is -0.140. The fraction of sp³-hybridized carbons (Fsp3) is 0.746. The number of ether oxygens (including phenoxy) is 22. The van der Waals surface area contributed by atoms with E-state index in [1.54, 1.807) is 55.6 Å². The standard InChI is InChI=1S/C71H119N3O30/c1-83-21-22-89-33-34-95-41-42-97-45-46-99-49-50-101-53-54-102-52-51-100-48-47-98-44-43-96-40-35-90-28-23-84-16-2-3-67(76)66(56-61-6-10-65(11-7-61)104-59-70(80)81)74-68(77)13-18-86-25-30-92-37-39-94-32-27-88-20-15-73-71(82)62(55-60-4-8-64(9-5-60)103-58-69(78)79)57-63(75)12-17-85-24-29-91-36-38-93-31-26-87-19-14-72/h4-11,62,66H,2-3,12-59,72H2,1H3,(H,73,82)(H,74,77)(H,78,79)(H,80,81). The summed E-state index contributed by atoms with van der Waals surface area (Å²) >= 11 is 0. The monoisotopic (exact) mass is 1490 g/mol. The lowest BCUT2D eigenvalue weighted by Crippen LogP contribution is -2.42. The van der Waals surface area contributed by atoms with Gasteiger partial charge in [0, 0.05) is 58.4 Å². The number of hydrogen-bond acceptors (Lipinski definition) is 29. The fourth-order valence-electron chi connectivity index (χ4n) is 8.71. The topological polar surface area (TPSA) is 396 Å². The zero-order valence-electron chi connectivity index (χ0n) is 61.0. The highest BCUT2D eigenvalue weighted by Crippen LogP contribution is 2.19. The molecule has 0 saturated heterocycles. The molecule has 0 fully saturated rings. The van der Waals surface area contributed by atoms with Gasteiger partial charge in [-0.2, -0.15) is 0 Å². The highest BCUT2D eigenvalue weighted by molar-refractivity contribution is 5.89. The molecule has 0 radical (unpaired) electrons. The summed E-state index contributed by atoms with van der Waals surface area (Å²) < 4.78 is 120. The van der Waals surface area contributed by atoms with Crippen LogP contribution in [0.2, 0.25) is 0 Å². The number of nitrogens with two attached hydrogens (primary N) is 1. The molecule has 0 heterocycles. The van der Waals surface area contributed by atoms with Crippen molar-refractivity contribution in [3.8, 4) is 11.5 Å². The third-order valence-corrected chi connectivity index (χ3v) is 14.0. The molecule has 2 amide bonds. The first kappa shape index (κ1) is 94.5. The third kappa shape index (κ3) is 61.6. The molecule has 2 rings (SSSR count). The smallest absolute Gasteiger partial charge is 0.341 e. The number of ketones is 2. The summed E-state index contributed by atoms with van der Waals surface area (Å²) in [7, 11) is 1.63.